The van der Waals surface area contributed by atoms with Crippen molar-refractivity contribution in [1.82, 2.24) is 9.80 Å². The van der Waals surface area contributed by atoms with E-state index in [1.54, 1.807) is 7.11 Å². The van der Waals surface area contributed by atoms with E-state index in [9.17, 15) is 4.79 Å². The monoisotopic (exact) mass is 421 g/mol. The maximum Gasteiger partial charge on any atom is 0.223 e. The number of benzene rings is 2. The quantitative estimate of drug-likeness (QED) is 0.717. The molecule has 6 heteroatoms. The van der Waals surface area contributed by atoms with Crippen LogP contribution in [0.25, 0.3) is 0 Å². The van der Waals surface area contributed by atoms with Crippen molar-refractivity contribution in [2.24, 2.45) is 10.9 Å². The van der Waals surface area contributed by atoms with Crippen LogP contribution in [0.1, 0.15) is 38.3 Å². The van der Waals surface area contributed by atoms with Crippen molar-refractivity contribution in [3.63, 3.8) is 0 Å². The van der Waals surface area contributed by atoms with Gasteiger partial charge in [0.1, 0.15) is 23.0 Å². The molecule has 6 nitrogen and oxygen atoms in total. The first-order valence-corrected chi connectivity index (χ1v) is 11.0. The van der Waals surface area contributed by atoms with Crippen LogP contribution >= 0.6 is 0 Å². The molecule has 31 heavy (non-hydrogen) atoms. The molecule has 1 unspecified atom stereocenters. The van der Waals surface area contributed by atoms with Crippen LogP contribution in [-0.2, 0) is 4.79 Å². The van der Waals surface area contributed by atoms with Crippen LogP contribution in [0.15, 0.2) is 41.4 Å². The van der Waals surface area contributed by atoms with Crippen molar-refractivity contribution >= 4 is 17.4 Å². The van der Waals surface area contributed by atoms with Crippen LogP contribution < -0.4 is 9.47 Å². The minimum absolute atomic E-state index is 0.110. The van der Waals surface area contributed by atoms with Gasteiger partial charge in [0, 0.05) is 32.1 Å². The maximum absolute atomic E-state index is 12.7. The molecule has 2 aliphatic rings. The van der Waals surface area contributed by atoms with Gasteiger partial charge < -0.3 is 19.3 Å². The van der Waals surface area contributed by atoms with Crippen LogP contribution in [0.4, 0.5) is 5.69 Å². The zero-order valence-electron chi connectivity index (χ0n) is 19.0. The molecule has 2 aliphatic heterocycles. The fourth-order valence-electron chi connectivity index (χ4n) is 4.22. The van der Waals surface area contributed by atoms with E-state index in [0.717, 1.165) is 53.0 Å². The Balaban J connectivity index is 1.69. The molecule has 0 spiro atoms. The van der Waals surface area contributed by atoms with Gasteiger partial charge in [-0.25, -0.2) is 4.99 Å². The Kier molecular flexibility index (Phi) is 5.90. The van der Waals surface area contributed by atoms with E-state index in [4.69, 9.17) is 14.5 Å². The molecule has 1 atom stereocenters. The number of hydrogen-bond donors (Lipinski definition) is 0. The van der Waals surface area contributed by atoms with E-state index < -0.39 is 0 Å². The topological polar surface area (TPSA) is 54.4 Å². The number of amidine groups is 1. The summed E-state index contributed by atoms with van der Waals surface area (Å²) >= 11 is 0. The summed E-state index contributed by atoms with van der Waals surface area (Å²) in [5, 5.41) is 0. The summed E-state index contributed by atoms with van der Waals surface area (Å²) in [6.07, 6.45) is 0.589. The summed E-state index contributed by atoms with van der Waals surface area (Å²) in [6, 6.07) is 12.0. The van der Waals surface area contributed by atoms with E-state index in [1.165, 1.54) is 0 Å². The van der Waals surface area contributed by atoms with Gasteiger partial charge in [-0.1, -0.05) is 19.9 Å². The van der Waals surface area contributed by atoms with Gasteiger partial charge in [0.2, 0.25) is 5.91 Å². The van der Waals surface area contributed by atoms with E-state index in [-0.39, 0.29) is 11.9 Å². The lowest BCUT2D eigenvalue weighted by Crippen LogP contribution is -2.55. The molecule has 0 aromatic heterocycles. The fourth-order valence-corrected chi connectivity index (χ4v) is 4.22. The van der Waals surface area contributed by atoms with Gasteiger partial charge in [0.15, 0.2) is 5.75 Å². The molecular formula is C25H31N3O3. The highest BCUT2D eigenvalue weighted by Gasteiger charge is 2.31. The second-order valence-corrected chi connectivity index (χ2v) is 8.85. The predicted octanol–water partition coefficient (Wildman–Crippen LogP) is 4.77. The number of rotatable bonds is 3. The van der Waals surface area contributed by atoms with Crippen molar-refractivity contribution in [1.29, 1.82) is 0 Å². The maximum atomic E-state index is 12.7. The molecule has 4 rings (SSSR count). The van der Waals surface area contributed by atoms with Gasteiger partial charge in [-0.2, -0.15) is 0 Å². The summed E-state index contributed by atoms with van der Waals surface area (Å²) in [5.41, 5.74) is 2.84. The third kappa shape index (κ3) is 4.38. The van der Waals surface area contributed by atoms with Crippen LogP contribution in [0.2, 0.25) is 0 Å². The molecule has 0 bridgehead atoms. The summed E-state index contributed by atoms with van der Waals surface area (Å²) in [6.45, 7) is 10.5. The molecule has 1 amide bonds. The number of aliphatic imine (C=N–C) groups is 1. The van der Waals surface area contributed by atoms with E-state index in [2.05, 4.69) is 25.7 Å². The molecule has 1 saturated heterocycles. The number of piperazine rings is 1. The number of carbonyl (C=O) groups excluding carboxylic acids is 1. The molecule has 1 fully saturated rings. The van der Waals surface area contributed by atoms with Gasteiger partial charge in [-0.3, -0.25) is 4.79 Å². The SMILES string of the molecule is COc1ccc2c(c1)C(N1CCN(C(=O)CC(C)C)C(C)C1)=Nc1ccc(C)cc1O2. The largest absolute Gasteiger partial charge is 0.497 e. The zero-order chi connectivity index (χ0) is 22.1. The number of hydrogen-bond acceptors (Lipinski definition) is 5. The zero-order valence-corrected chi connectivity index (χ0v) is 19.0. The predicted molar refractivity (Wildman–Crippen MR) is 123 cm³/mol. The number of aryl methyl sites for hydroxylation is 1. The first-order chi connectivity index (χ1) is 14.9. The molecule has 2 aromatic carbocycles. The number of ether oxygens (including phenoxy) is 2. The fraction of sp³-hybridized carbons (Fsp3) is 0.440. The lowest BCUT2D eigenvalue weighted by atomic mass is 10.1. The Morgan fingerprint density at radius 3 is 2.71 bits per heavy atom. The average Bonchev–Trinajstić information content (AvgIpc) is 2.88. The lowest BCUT2D eigenvalue weighted by Gasteiger charge is -2.41. The van der Waals surface area contributed by atoms with E-state index in [0.29, 0.717) is 18.9 Å². The molecular weight excluding hydrogens is 390 g/mol. The average molecular weight is 422 g/mol. The number of amides is 1. The lowest BCUT2D eigenvalue weighted by molar-refractivity contribution is -0.135. The van der Waals surface area contributed by atoms with Crippen molar-refractivity contribution in [2.75, 3.05) is 26.7 Å². The highest BCUT2D eigenvalue weighted by molar-refractivity contribution is 6.04. The highest BCUT2D eigenvalue weighted by atomic mass is 16.5. The molecule has 2 heterocycles. The molecule has 0 aliphatic carbocycles. The standard InChI is InChI=1S/C25H31N3O3/c1-16(2)12-24(29)28-11-10-27(15-18(28)4)25-20-14-19(30-5)7-9-22(20)31-23-13-17(3)6-8-21(23)26-25/h6-9,13-14,16,18H,10-12,15H2,1-5H3. The second kappa shape index (κ2) is 8.61. The first kappa shape index (κ1) is 21.2. The van der Waals surface area contributed by atoms with Gasteiger partial charge in [-0.05, 0) is 55.7 Å². The van der Waals surface area contributed by atoms with Crippen molar-refractivity contribution in [3.05, 3.63) is 47.5 Å². The molecule has 2 aromatic rings. The summed E-state index contributed by atoms with van der Waals surface area (Å²) in [4.78, 5) is 22.0. The molecule has 164 valence electrons. The van der Waals surface area contributed by atoms with Crippen molar-refractivity contribution in [2.45, 2.75) is 40.2 Å². The Bertz CT molecular complexity index is 1020. The van der Waals surface area contributed by atoms with Crippen LogP contribution in [0.3, 0.4) is 0 Å². The first-order valence-electron chi connectivity index (χ1n) is 11.0. The smallest absolute Gasteiger partial charge is 0.223 e. The minimum atomic E-state index is 0.110. The highest BCUT2D eigenvalue weighted by Crippen LogP contribution is 2.40. The normalized spacial score (nSPS) is 18.0. The molecule has 0 N–H and O–H groups in total. The molecule has 0 radical (unpaired) electrons. The second-order valence-electron chi connectivity index (χ2n) is 8.85. The van der Waals surface area contributed by atoms with Crippen LogP contribution in [0.5, 0.6) is 17.2 Å². The van der Waals surface area contributed by atoms with Gasteiger partial charge in [0.25, 0.3) is 0 Å². The Labute approximate surface area is 184 Å². The van der Waals surface area contributed by atoms with Gasteiger partial charge in [0.05, 0.1) is 12.7 Å². The third-order valence-corrected chi connectivity index (χ3v) is 5.82. The Hall–Kier alpha value is -3.02. The summed E-state index contributed by atoms with van der Waals surface area (Å²) in [7, 11) is 1.66. The number of carbonyl (C=O) groups is 1. The number of nitrogens with zero attached hydrogens (tertiary/aromatic N) is 3. The third-order valence-electron chi connectivity index (χ3n) is 5.82. The van der Waals surface area contributed by atoms with Crippen LogP contribution in [-0.4, -0.2) is 54.3 Å². The van der Waals surface area contributed by atoms with Crippen molar-refractivity contribution in [3.8, 4) is 17.2 Å². The van der Waals surface area contributed by atoms with Gasteiger partial charge in [-0.15, -0.1) is 0 Å². The minimum Gasteiger partial charge on any atom is -0.497 e. The Morgan fingerprint density at radius 1 is 1.19 bits per heavy atom. The number of methoxy groups -OCH3 is 1. The van der Waals surface area contributed by atoms with Crippen LogP contribution in [0, 0.1) is 12.8 Å². The Morgan fingerprint density at radius 2 is 2.00 bits per heavy atom. The van der Waals surface area contributed by atoms with Gasteiger partial charge >= 0.3 is 0 Å². The summed E-state index contributed by atoms with van der Waals surface area (Å²) in [5.74, 6) is 3.72. The van der Waals surface area contributed by atoms with E-state index >= 15 is 0 Å². The number of fused-ring (bicyclic) bond motifs is 2. The summed E-state index contributed by atoms with van der Waals surface area (Å²) < 4.78 is 11.8. The van der Waals surface area contributed by atoms with Crippen molar-refractivity contribution < 1.29 is 14.3 Å². The van der Waals surface area contributed by atoms with E-state index in [1.807, 2.05) is 48.2 Å². The molecule has 0 saturated carbocycles.